The summed E-state index contributed by atoms with van der Waals surface area (Å²) in [6.45, 7) is 3.42. The minimum absolute atomic E-state index is 0.284. The van der Waals surface area contributed by atoms with E-state index in [-0.39, 0.29) is 6.61 Å². The third kappa shape index (κ3) is 3.52. The lowest BCUT2D eigenvalue weighted by atomic mass is 10.0. The predicted octanol–water partition coefficient (Wildman–Crippen LogP) is 0.697. The molecule has 0 spiro atoms. The maximum atomic E-state index is 11.9. The molecule has 0 saturated carbocycles. The van der Waals surface area contributed by atoms with Gasteiger partial charge in [-0.1, -0.05) is 18.2 Å². The third-order valence-corrected chi connectivity index (χ3v) is 2.36. The summed E-state index contributed by atoms with van der Waals surface area (Å²) in [5.74, 6) is -0.496. The second-order valence-electron chi connectivity index (χ2n) is 3.91. The number of aliphatic hydroxyl groups excluding tert-OH is 1. The van der Waals surface area contributed by atoms with Gasteiger partial charge in [0.15, 0.2) is 6.29 Å². The van der Waals surface area contributed by atoms with Crippen molar-refractivity contribution in [2.75, 3.05) is 11.9 Å². The van der Waals surface area contributed by atoms with E-state index >= 15 is 0 Å². The Morgan fingerprint density at radius 3 is 2.65 bits per heavy atom. The summed E-state index contributed by atoms with van der Waals surface area (Å²) >= 11 is 0. The fourth-order valence-corrected chi connectivity index (χ4v) is 1.23. The van der Waals surface area contributed by atoms with Crippen molar-refractivity contribution >= 4 is 11.6 Å². The predicted molar refractivity (Wildman–Crippen MR) is 65.3 cm³/mol. The van der Waals surface area contributed by atoms with Gasteiger partial charge in [-0.25, -0.2) is 0 Å². The molecule has 4 N–H and O–H groups in total. The number of nitrogens with one attached hydrogen (secondary N) is 1. The smallest absolute Gasteiger partial charge is 0.249 e. The van der Waals surface area contributed by atoms with Crippen LogP contribution >= 0.6 is 0 Å². The van der Waals surface area contributed by atoms with Crippen LogP contribution < -0.4 is 11.1 Å². The molecule has 0 aliphatic heterocycles. The molecule has 1 aromatic rings. The largest absolute Gasteiger partial charge is 0.366 e. The standard InChI is InChI=1S/C12H18N2O3/c1-3-17-11(16)12(2,13)10(15)14-9-7-5-4-6-8-9/h4-8,11,16H,3,13H2,1-2H3,(H,14,15). The van der Waals surface area contributed by atoms with Crippen molar-refractivity contribution < 1.29 is 14.6 Å². The van der Waals surface area contributed by atoms with Crippen LogP contribution in [0.1, 0.15) is 13.8 Å². The van der Waals surface area contributed by atoms with Gasteiger partial charge in [-0.3, -0.25) is 4.79 Å². The first-order chi connectivity index (χ1) is 7.98. The normalized spacial score (nSPS) is 16.0. The highest BCUT2D eigenvalue weighted by molar-refractivity contribution is 5.97. The van der Waals surface area contributed by atoms with Crippen LogP contribution in [0, 0.1) is 0 Å². The van der Waals surface area contributed by atoms with Crippen molar-refractivity contribution in [3.05, 3.63) is 30.3 Å². The lowest BCUT2D eigenvalue weighted by molar-refractivity contribution is -0.154. The number of hydrogen-bond acceptors (Lipinski definition) is 4. The average molecular weight is 238 g/mol. The van der Waals surface area contributed by atoms with Crippen LogP contribution in [0.2, 0.25) is 0 Å². The number of carbonyl (C=O) groups excluding carboxylic acids is 1. The number of ether oxygens (including phenoxy) is 1. The molecule has 0 aliphatic rings. The van der Waals surface area contributed by atoms with Gasteiger partial charge in [-0.2, -0.15) is 0 Å². The van der Waals surface area contributed by atoms with E-state index in [0.29, 0.717) is 5.69 Å². The van der Waals surface area contributed by atoms with E-state index in [1.165, 1.54) is 6.92 Å². The maximum absolute atomic E-state index is 11.9. The highest BCUT2D eigenvalue weighted by Crippen LogP contribution is 2.13. The number of hydrogen-bond donors (Lipinski definition) is 3. The average Bonchev–Trinajstić information content (AvgIpc) is 2.30. The zero-order valence-corrected chi connectivity index (χ0v) is 10.0. The van der Waals surface area contributed by atoms with Crippen LogP contribution in [-0.4, -0.2) is 29.4 Å². The van der Waals surface area contributed by atoms with Crippen LogP contribution in [0.4, 0.5) is 5.69 Å². The van der Waals surface area contributed by atoms with E-state index in [9.17, 15) is 9.90 Å². The van der Waals surface area contributed by atoms with E-state index in [4.69, 9.17) is 10.5 Å². The van der Waals surface area contributed by atoms with E-state index in [0.717, 1.165) is 0 Å². The van der Waals surface area contributed by atoms with Gasteiger partial charge in [0, 0.05) is 12.3 Å². The molecule has 94 valence electrons. The summed E-state index contributed by atoms with van der Waals surface area (Å²) in [6, 6.07) is 8.90. The number of amides is 1. The van der Waals surface area contributed by atoms with Crippen molar-refractivity contribution in [2.45, 2.75) is 25.7 Å². The topological polar surface area (TPSA) is 84.6 Å². The molecule has 2 atom stereocenters. The Morgan fingerprint density at radius 2 is 2.12 bits per heavy atom. The lowest BCUT2D eigenvalue weighted by Crippen LogP contribution is -2.58. The fourth-order valence-electron chi connectivity index (χ4n) is 1.23. The Bertz CT molecular complexity index is 365. The van der Waals surface area contributed by atoms with Gasteiger partial charge < -0.3 is 20.9 Å². The first kappa shape index (κ1) is 13.6. The molecular weight excluding hydrogens is 220 g/mol. The summed E-state index contributed by atoms with van der Waals surface area (Å²) in [5.41, 5.74) is 4.88. The molecule has 1 amide bonds. The van der Waals surface area contributed by atoms with Crippen molar-refractivity contribution in [1.29, 1.82) is 0 Å². The molecule has 0 fully saturated rings. The van der Waals surface area contributed by atoms with E-state index in [1.807, 2.05) is 6.07 Å². The van der Waals surface area contributed by atoms with Crippen molar-refractivity contribution in [2.24, 2.45) is 5.73 Å². The molecule has 2 unspecified atom stereocenters. The SMILES string of the molecule is CCOC(O)C(C)(N)C(=O)Nc1ccccc1. The van der Waals surface area contributed by atoms with Crippen LogP contribution in [0.3, 0.4) is 0 Å². The fraction of sp³-hybridized carbons (Fsp3) is 0.417. The Labute approximate surface area is 101 Å². The summed E-state index contributed by atoms with van der Waals surface area (Å²) in [6.07, 6.45) is -1.34. The van der Waals surface area contributed by atoms with Crippen LogP contribution in [0.5, 0.6) is 0 Å². The lowest BCUT2D eigenvalue weighted by Gasteiger charge is -2.28. The molecule has 0 aliphatic carbocycles. The summed E-state index contributed by atoms with van der Waals surface area (Å²) in [7, 11) is 0. The molecule has 1 rings (SSSR count). The number of benzene rings is 1. The van der Waals surface area contributed by atoms with E-state index in [2.05, 4.69) is 5.32 Å². The first-order valence-corrected chi connectivity index (χ1v) is 5.43. The van der Waals surface area contributed by atoms with Crippen molar-refractivity contribution in [3.8, 4) is 0 Å². The molecule has 0 heterocycles. The van der Waals surface area contributed by atoms with E-state index in [1.54, 1.807) is 31.2 Å². The zero-order chi connectivity index (χ0) is 12.9. The van der Waals surface area contributed by atoms with Gasteiger partial charge in [0.2, 0.25) is 5.91 Å². The number of para-hydroxylation sites is 1. The Hall–Kier alpha value is -1.43. The first-order valence-electron chi connectivity index (χ1n) is 5.43. The Morgan fingerprint density at radius 1 is 1.53 bits per heavy atom. The number of rotatable bonds is 5. The van der Waals surface area contributed by atoms with Crippen LogP contribution in [0.15, 0.2) is 30.3 Å². The summed E-state index contributed by atoms with van der Waals surface area (Å²) in [4.78, 5) is 11.9. The maximum Gasteiger partial charge on any atom is 0.249 e. The number of nitrogens with two attached hydrogens (primary N) is 1. The third-order valence-electron chi connectivity index (χ3n) is 2.36. The molecule has 0 aromatic heterocycles. The quantitative estimate of drug-likeness (QED) is 0.659. The van der Waals surface area contributed by atoms with Gasteiger partial charge in [0.1, 0.15) is 5.54 Å². The monoisotopic (exact) mass is 238 g/mol. The highest BCUT2D eigenvalue weighted by Gasteiger charge is 2.37. The van der Waals surface area contributed by atoms with Crippen LogP contribution in [-0.2, 0) is 9.53 Å². The van der Waals surface area contributed by atoms with Gasteiger partial charge in [0.05, 0.1) is 0 Å². The second-order valence-corrected chi connectivity index (χ2v) is 3.91. The molecule has 0 bridgehead atoms. The second kappa shape index (κ2) is 5.77. The molecule has 17 heavy (non-hydrogen) atoms. The number of aliphatic hydroxyl groups is 1. The Kier molecular flexibility index (Phi) is 4.62. The summed E-state index contributed by atoms with van der Waals surface area (Å²) in [5, 5.41) is 12.2. The number of anilines is 1. The van der Waals surface area contributed by atoms with Crippen molar-refractivity contribution in [3.63, 3.8) is 0 Å². The molecule has 5 heteroatoms. The molecular formula is C12H18N2O3. The van der Waals surface area contributed by atoms with E-state index < -0.39 is 17.7 Å². The summed E-state index contributed by atoms with van der Waals surface area (Å²) < 4.78 is 4.94. The molecule has 0 saturated heterocycles. The van der Waals surface area contributed by atoms with Crippen molar-refractivity contribution in [1.82, 2.24) is 0 Å². The molecule has 5 nitrogen and oxygen atoms in total. The van der Waals surface area contributed by atoms with Gasteiger partial charge >= 0.3 is 0 Å². The van der Waals surface area contributed by atoms with Gasteiger partial charge in [-0.15, -0.1) is 0 Å². The molecule has 1 aromatic carbocycles. The Balaban J connectivity index is 2.69. The van der Waals surface area contributed by atoms with Gasteiger partial charge in [-0.05, 0) is 26.0 Å². The van der Waals surface area contributed by atoms with Crippen LogP contribution in [0.25, 0.3) is 0 Å². The highest BCUT2D eigenvalue weighted by atomic mass is 16.6. The zero-order valence-electron chi connectivity index (χ0n) is 10.0. The molecule has 0 radical (unpaired) electrons. The minimum atomic E-state index is -1.49. The number of carbonyl (C=O) groups is 1. The van der Waals surface area contributed by atoms with Gasteiger partial charge in [0.25, 0.3) is 0 Å². The minimum Gasteiger partial charge on any atom is -0.366 e.